The van der Waals surface area contributed by atoms with Crippen LogP contribution in [0.15, 0.2) is 42.5 Å². The van der Waals surface area contributed by atoms with E-state index in [2.05, 4.69) is 0 Å². The van der Waals surface area contributed by atoms with Gasteiger partial charge in [-0.2, -0.15) is 0 Å². The van der Waals surface area contributed by atoms with Crippen molar-refractivity contribution in [3.05, 3.63) is 69.7 Å². The van der Waals surface area contributed by atoms with Gasteiger partial charge in [-0.25, -0.2) is 0 Å². The molecule has 0 bridgehead atoms. The maximum atomic E-state index is 12.6. The summed E-state index contributed by atoms with van der Waals surface area (Å²) in [5, 5.41) is 9.24. The molecular weight excluding hydrogens is 300 g/mol. The number of carbonyl (C=O) groups excluding carboxylic acids is 1. The zero-order valence-corrected chi connectivity index (χ0v) is 13.1. The molecule has 114 valence electrons. The number of benzene rings is 2. The zero-order chi connectivity index (χ0) is 16.1. The van der Waals surface area contributed by atoms with Crippen molar-refractivity contribution >= 4 is 23.4 Å². The van der Waals surface area contributed by atoms with Gasteiger partial charge in [0.1, 0.15) is 0 Å². The number of aliphatic carboxylic acids is 1. The van der Waals surface area contributed by atoms with E-state index >= 15 is 0 Å². The minimum absolute atomic E-state index is 0.0694. The quantitative estimate of drug-likeness (QED) is 0.809. The summed E-state index contributed by atoms with van der Waals surface area (Å²) in [6, 6.07) is 12.4. The van der Waals surface area contributed by atoms with Gasteiger partial charge in [-0.05, 0) is 43.0 Å². The van der Waals surface area contributed by atoms with Gasteiger partial charge in [0.25, 0.3) is 0 Å². The van der Waals surface area contributed by atoms with E-state index < -0.39 is 5.97 Å². The topological polar surface area (TPSA) is 54.4 Å². The molecule has 0 amide bonds. The lowest BCUT2D eigenvalue weighted by Crippen LogP contribution is -2.06. The Kier molecular flexibility index (Phi) is 5.34. The van der Waals surface area contributed by atoms with Crippen LogP contribution in [0.2, 0.25) is 5.02 Å². The maximum absolute atomic E-state index is 12.6. The molecule has 0 atom stereocenters. The Hall–Kier alpha value is -2.13. The van der Waals surface area contributed by atoms with Crippen LogP contribution in [-0.4, -0.2) is 16.9 Å². The number of carboxylic acids is 1. The fourth-order valence-electron chi connectivity index (χ4n) is 2.42. The molecule has 2 aromatic rings. The van der Waals surface area contributed by atoms with E-state index in [1.807, 2.05) is 19.1 Å². The van der Waals surface area contributed by atoms with Crippen LogP contribution in [0.25, 0.3) is 0 Å². The number of carbonyl (C=O) groups is 2. The largest absolute Gasteiger partial charge is 0.481 e. The highest BCUT2D eigenvalue weighted by molar-refractivity contribution is 6.31. The molecule has 0 saturated carbocycles. The number of halogens is 1. The standard InChI is InChI=1S/C18H17ClO3/c1-12-13(6-4-10-17(20)21)5-3-9-16(12)18(22)14-7-2-8-15(19)11-14/h2-3,5,7-9,11H,4,6,10H2,1H3,(H,20,21). The third-order valence-corrected chi connectivity index (χ3v) is 3.85. The molecule has 0 aromatic heterocycles. The van der Waals surface area contributed by atoms with Crippen molar-refractivity contribution in [1.82, 2.24) is 0 Å². The van der Waals surface area contributed by atoms with Crippen molar-refractivity contribution in [2.75, 3.05) is 0 Å². The van der Waals surface area contributed by atoms with Crippen molar-refractivity contribution in [3.63, 3.8) is 0 Å². The number of hydrogen-bond donors (Lipinski definition) is 1. The first-order valence-electron chi connectivity index (χ1n) is 7.09. The summed E-state index contributed by atoms with van der Waals surface area (Å²) in [6.07, 6.45) is 1.34. The summed E-state index contributed by atoms with van der Waals surface area (Å²) in [6.45, 7) is 1.90. The van der Waals surface area contributed by atoms with Crippen LogP contribution >= 0.6 is 11.6 Å². The van der Waals surface area contributed by atoms with Gasteiger partial charge >= 0.3 is 5.97 Å². The molecule has 1 N–H and O–H groups in total. The lowest BCUT2D eigenvalue weighted by molar-refractivity contribution is -0.137. The molecule has 2 rings (SSSR count). The molecule has 0 heterocycles. The predicted molar refractivity (Wildman–Crippen MR) is 86.6 cm³/mol. The minimum Gasteiger partial charge on any atom is -0.481 e. The van der Waals surface area contributed by atoms with Gasteiger partial charge in [0.05, 0.1) is 0 Å². The first-order chi connectivity index (χ1) is 10.5. The van der Waals surface area contributed by atoms with Crippen molar-refractivity contribution in [1.29, 1.82) is 0 Å². The third kappa shape index (κ3) is 3.95. The molecule has 0 aliphatic rings. The molecule has 0 spiro atoms. The number of carboxylic acid groups (broad SMARTS) is 1. The Morgan fingerprint density at radius 3 is 2.55 bits per heavy atom. The van der Waals surface area contributed by atoms with Crippen LogP contribution in [0.3, 0.4) is 0 Å². The van der Waals surface area contributed by atoms with Gasteiger partial charge in [-0.15, -0.1) is 0 Å². The molecule has 2 aromatic carbocycles. The smallest absolute Gasteiger partial charge is 0.303 e. The van der Waals surface area contributed by atoms with E-state index in [1.165, 1.54) is 0 Å². The van der Waals surface area contributed by atoms with Crippen molar-refractivity contribution < 1.29 is 14.7 Å². The Morgan fingerprint density at radius 2 is 1.86 bits per heavy atom. The normalized spacial score (nSPS) is 10.5. The Bertz CT molecular complexity index is 707. The summed E-state index contributed by atoms with van der Waals surface area (Å²) in [7, 11) is 0. The average molecular weight is 317 g/mol. The van der Waals surface area contributed by atoms with Crippen LogP contribution in [0.5, 0.6) is 0 Å². The predicted octanol–water partition coefficient (Wildman–Crippen LogP) is 4.29. The maximum Gasteiger partial charge on any atom is 0.303 e. The molecule has 4 heteroatoms. The van der Waals surface area contributed by atoms with E-state index in [9.17, 15) is 9.59 Å². The zero-order valence-electron chi connectivity index (χ0n) is 12.3. The second kappa shape index (κ2) is 7.23. The molecule has 0 radical (unpaired) electrons. The van der Waals surface area contributed by atoms with Crippen LogP contribution < -0.4 is 0 Å². The lowest BCUT2D eigenvalue weighted by atomic mass is 9.93. The van der Waals surface area contributed by atoms with E-state index in [0.29, 0.717) is 29.0 Å². The van der Waals surface area contributed by atoms with Gasteiger partial charge in [0.2, 0.25) is 0 Å². The molecule has 0 saturated heterocycles. The van der Waals surface area contributed by atoms with Crippen LogP contribution in [0, 0.1) is 6.92 Å². The van der Waals surface area contributed by atoms with Crippen LogP contribution in [0.4, 0.5) is 0 Å². The number of rotatable bonds is 6. The Balaban J connectivity index is 2.24. The number of hydrogen-bond acceptors (Lipinski definition) is 2. The van der Waals surface area contributed by atoms with Gasteiger partial charge in [-0.1, -0.05) is 41.9 Å². The highest BCUT2D eigenvalue weighted by atomic mass is 35.5. The minimum atomic E-state index is -0.802. The molecule has 0 fully saturated rings. The van der Waals surface area contributed by atoms with Gasteiger partial charge in [0.15, 0.2) is 5.78 Å². The second-order valence-corrected chi connectivity index (χ2v) is 5.61. The first kappa shape index (κ1) is 16.2. The molecule has 0 aliphatic heterocycles. The lowest BCUT2D eigenvalue weighted by Gasteiger charge is -2.10. The molecule has 22 heavy (non-hydrogen) atoms. The summed E-state index contributed by atoms with van der Waals surface area (Å²) in [5.74, 6) is -0.871. The van der Waals surface area contributed by atoms with Crippen molar-refractivity contribution in [3.8, 4) is 0 Å². The molecular formula is C18H17ClO3. The van der Waals surface area contributed by atoms with Crippen molar-refractivity contribution in [2.24, 2.45) is 0 Å². The number of aryl methyl sites for hydroxylation is 1. The van der Waals surface area contributed by atoms with E-state index in [0.717, 1.165) is 11.1 Å². The third-order valence-electron chi connectivity index (χ3n) is 3.61. The fourth-order valence-corrected chi connectivity index (χ4v) is 2.61. The molecule has 3 nitrogen and oxygen atoms in total. The molecule has 0 unspecified atom stereocenters. The number of ketones is 1. The van der Waals surface area contributed by atoms with Gasteiger partial charge in [0, 0.05) is 22.6 Å². The molecule has 0 aliphatic carbocycles. The van der Waals surface area contributed by atoms with E-state index in [4.69, 9.17) is 16.7 Å². The van der Waals surface area contributed by atoms with Crippen LogP contribution in [0.1, 0.15) is 39.9 Å². The van der Waals surface area contributed by atoms with E-state index in [-0.39, 0.29) is 12.2 Å². The second-order valence-electron chi connectivity index (χ2n) is 5.18. The van der Waals surface area contributed by atoms with Crippen LogP contribution in [-0.2, 0) is 11.2 Å². The summed E-state index contributed by atoms with van der Waals surface area (Å²) in [4.78, 5) is 23.2. The summed E-state index contributed by atoms with van der Waals surface area (Å²) >= 11 is 5.94. The highest BCUT2D eigenvalue weighted by Crippen LogP contribution is 2.21. The summed E-state index contributed by atoms with van der Waals surface area (Å²) < 4.78 is 0. The Morgan fingerprint density at radius 1 is 1.14 bits per heavy atom. The van der Waals surface area contributed by atoms with Gasteiger partial charge < -0.3 is 5.11 Å². The first-order valence-corrected chi connectivity index (χ1v) is 7.47. The Labute approximate surface area is 134 Å². The monoisotopic (exact) mass is 316 g/mol. The highest BCUT2D eigenvalue weighted by Gasteiger charge is 2.14. The van der Waals surface area contributed by atoms with Gasteiger partial charge in [-0.3, -0.25) is 9.59 Å². The van der Waals surface area contributed by atoms with Crippen molar-refractivity contribution in [2.45, 2.75) is 26.2 Å². The van der Waals surface area contributed by atoms with E-state index in [1.54, 1.807) is 30.3 Å². The SMILES string of the molecule is Cc1c(CCCC(=O)O)cccc1C(=O)c1cccc(Cl)c1. The average Bonchev–Trinajstić information content (AvgIpc) is 2.48. The fraction of sp³-hybridized carbons (Fsp3) is 0.222. The summed E-state index contributed by atoms with van der Waals surface area (Å²) in [5.41, 5.74) is 3.10.